The van der Waals surface area contributed by atoms with Gasteiger partial charge in [-0.15, -0.1) is 49.1 Å². The van der Waals surface area contributed by atoms with E-state index in [1.54, 1.807) is 79.7 Å². The Morgan fingerprint density at radius 3 is 0.623 bits per heavy atom. The minimum atomic E-state index is -3.58. The van der Waals surface area contributed by atoms with Crippen LogP contribution in [0.3, 0.4) is 0 Å². The fourth-order valence-electron chi connectivity index (χ4n) is 1.24. The van der Waals surface area contributed by atoms with E-state index >= 15 is 0 Å². The minimum absolute atomic E-state index is 0. The standard InChI is InChI=1S/2C6H6O.3C4H9Br.6C3H7O.4Mg.2H2O.O.Ti/c2*7-6-4-2-1-3-5-6;3*1-2-3-4-5;4*1-3(2)4;2*1-2-3-4;;;;;;;;/h2*1-5,7H;3*2-4H2,1H3;4*3H,1-2H3;2*2-3H2,1H3;;;;;2*1H2;;/q;;;;;6*-1;4*+2;;;;+2/p-4. The molecule has 0 saturated heterocycles. The van der Waals surface area contributed by atoms with Gasteiger partial charge in [0.1, 0.15) is 0 Å². The molecule has 0 aliphatic rings. The molecule has 2 aromatic rings. The third-order valence-corrected chi connectivity index (χ3v) is 5.04. The van der Waals surface area contributed by atoms with Crippen molar-refractivity contribution < 1.29 is 70.2 Å². The number of para-hydroxylation sites is 2. The van der Waals surface area contributed by atoms with E-state index in [0.29, 0.717) is 0 Å². The summed E-state index contributed by atoms with van der Waals surface area (Å²) in [5.74, 6) is 0.144. The topological polar surface area (TPSA) is 242 Å². The summed E-state index contributed by atoms with van der Waals surface area (Å²) in [6.45, 7) is 23.3. The van der Waals surface area contributed by atoms with Gasteiger partial charge in [0.25, 0.3) is 0 Å². The van der Waals surface area contributed by atoms with Gasteiger partial charge in [-0.25, -0.2) is 0 Å². The summed E-state index contributed by atoms with van der Waals surface area (Å²) in [5, 5.41) is 80.7. The number of benzene rings is 2. The maximum atomic E-state index is 10.3. The molecule has 0 aromatic heterocycles. The quantitative estimate of drug-likeness (QED) is 0.284. The summed E-state index contributed by atoms with van der Waals surface area (Å²) in [7, 11) is 0. The molecule has 0 amide bonds. The molecule has 0 atom stereocenters. The van der Waals surface area contributed by atoms with Crippen molar-refractivity contribution in [2.24, 2.45) is 0 Å². The Hall–Kier alpha value is 2.74. The van der Waals surface area contributed by atoms with Gasteiger partial charge in [0.15, 0.2) is 0 Å². The molecule has 11 nitrogen and oxygen atoms in total. The van der Waals surface area contributed by atoms with E-state index in [-0.39, 0.29) is 117 Å². The van der Waals surface area contributed by atoms with Crippen LogP contribution in [0.4, 0.5) is 0 Å². The summed E-state index contributed by atoms with van der Waals surface area (Å²) >= 11 is 6.35. The Morgan fingerprint density at radius 1 is 0.459 bits per heavy atom. The average Bonchev–Trinajstić information content (AvgIpc) is 3.10. The molecule has 348 valence electrons. The molecule has 2 rings (SSSR count). The van der Waals surface area contributed by atoms with Crippen LogP contribution in [0, 0.1) is 0 Å². The first-order valence-corrected chi connectivity index (χ1v) is 24.8. The van der Waals surface area contributed by atoms with Crippen molar-refractivity contribution in [3.8, 4) is 11.5 Å². The molecule has 0 unspecified atom stereocenters. The van der Waals surface area contributed by atoms with Gasteiger partial charge in [-0.1, -0.05) is 231 Å². The molecule has 0 heterocycles. The Bertz CT molecular complexity index is 746. The van der Waals surface area contributed by atoms with Crippen molar-refractivity contribution in [2.45, 2.75) is 166 Å². The third kappa shape index (κ3) is 324. The molecular weight excluding hydrogens is 1070 g/mol. The van der Waals surface area contributed by atoms with Crippen molar-refractivity contribution in [1.82, 2.24) is 0 Å². The molecule has 0 aliphatic heterocycles. The first kappa shape index (κ1) is 101. The van der Waals surface area contributed by atoms with Gasteiger partial charge in [0, 0.05) is 16.0 Å². The number of halogens is 3. The van der Waals surface area contributed by atoms with Crippen LogP contribution in [-0.4, -0.2) is 153 Å². The third-order valence-electron chi connectivity index (χ3n) is 3.36. The average molecular weight is 1150 g/mol. The maximum absolute atomic E-state index is 10.3. The summed E-state index contributed by atoms with van der Waals surface area (Å²) in [5.41, 5.74) is 0. The zero-order chi connectivity index (χ0) is 47.3. The summed E-state index contributed by atoms with van der Waals surface area (Å²) in [4.78, 5) is 0. The molecule has 2 aromatic carbocycles. The van der Waals surface area contributed by atoms with Crippen LogP contribution >= 0.6 is 47.8 Å². The fraction of sp³-hybridized carbons (Fsp3) is 0.714. The normalized spacial score (nSPS) is 7.80. The van der Waals surface area contributed by atoms with Crippen molar-refractivity contribution in [1.29, 1.82) is 0 Å². The zero-order valence-corrected chi connectivity index (χ0v) is 52.3. The van der Waals surface area contributed by atoms with Gasteiger partial charge in [-0.3, -0.25) is 0 Å². The van der Waals surface area contributed by atoms with Crippen molar-refractivity contribution in [3.05, 3.63) is 60.7 Å². The van der Waals surface area contributed by atoms with Crippen LogP contribution in [0.2, 0.25) is 0 Å². The fourth-order valence-corrected chi connectivity index (χ4v) is 2.92. The van der Waals surface area contributed by atoms with E-state index in [1.165, 1.54) is 62.8 Å². The van der Waals surface area contributed by atoms with E-state index in [2.05, 4.69) is 68.6 Å². The summed E-state index contributed by atoms with van der Waals surface area (Å²) in [6.07, 6.45) is 7.67. The van der Waals surface area contributed by atoms with Crippen LogP contribution in [0.25, 0.3) is 0 Å². The predicted octanol–water partition coefficient (Wildman–Crippen LogP) is 3.84. The Labute approximate surface area is 471 Å². The molecule has 0 spiro atoms. The number of rotatable bonds is 8. The second-order valence-corrected chi connectivity index (χ2v) is 14.9. The van der Waals surface area contributed by atoms with E-state index in [9.17, 15) is 40.9 Å². The van der Waals surface area contributed by atoms with Crippen LogP contribution < -0.4 is 40.9 Å². The summed E-state index contributed by atoms with van der Waals surface area (Å²) < 4.78 is 23.2. The predicted molar refractivity (Wildman–Crippen MR) is 257 cm³/mol. The number of hydrogen-bond acceptors (Lipinski definition) is 9. The molecule has 0 fully saturated rings. The van der Waals surface area contributed by atoms with Gasteiger partial charge in [-0.2, -0.15) is 0 Å². The molecule has 2 N–H and O–H groups in total. The van der Waals surface area contributed by atoms with Gasteiger partial charge in [-0.05, 0) is 19.3 Å². The van der Waals surface area contributed by atoms with E-state index < -0.39 is 43.0 Å². The Kier molecular flexibility index (Phi) is 182. The molecule has 19 heteroatoms. The van der Waals surface area contributed by atoms with Crippen molar-refractivity contribution in [3.63, 3.8) is 0 Å². The molecule has 0 saturated carbocycles. The van der Waals surface area contributed by atoms with Gasteiger partial charge in [0.2, 0.25) is 0 Å². The SMILES string of the molecule is CC(C)[O-].CC(C)[O-].CC(C)[O-].CC(C)[O-].CCCCBr.CCCCBr.CCCCBr.CCC[O-].CCC[O-].[Mg+2].[Mg+2].[Mg+2].[Mg+2].[O-]c1ccccc1.[O-]c1ccccc1.[O]=[Ti]([OH])[OH]. The Morgan fingerprint density at radius 2 is 0.590 bits per heavy atom. The van der Waals surface area contributed by atoms with Crippen molar-refractivity contribution in [2.75, 3.05) is 29.2 Å². The zero-order valence-electron chi connectivity index (χ0n) is 40.3. The molecule has 0 radical (unpaired) electrons. The molecule has 61 heavy (non-hydrogen) atoms. The van der Waals surface area contributed by atoms with Gasteiger partial charge < -0.3 is 40.9 Å². The van der Waals surface area contributed by atoms with E-state index in [0.717, 1.165) is 28.8 Å². The second-order valence-electron chi connectivity index (χ2n) is 11.6. The summed E-state index contributed by atoms with van der Waals surface area (Å²) in [6, 6.07) is 16.7. The van der Waals surface area contributed by atoms with Crippen LogP contribution in [0.5, 0.6) is 11.5 Å². The monoisotopic (exact) mass is 1140 g/mol. The number of unbranched alkanes of at least 4 members (excludes halogenated alkanes) is 3. The van der Waals surface area contributed by atoms with E-state index in [1.807, 2.05) is 26.0 Å². The molecule has 0 bridgehead atoms. The molecular formula is C42H81Br3Mg4O11Ti. The number of alkyl halides is 3. The second kappa shape index (κ2) is 109. The van der Waals surface area contributed by atoms with Crippen molar-refractivity contribution >= 4 is 140 Å². The van der Waals surface area contributed by atoms with Crippen LogP contribution in [0.1, 0.15) is 141 Å². The van der Waals surface area contributed by atoms with Gasteiger partial charge >= 0.3 is 122 Å². The van der Waals surface area contributed by atoms with Crippen LogP contribution in [-0.2, 0) is 21.9 Å². The molecule has 0 aliphatic carbocycles. The first-order valence-electron chi connectivity index (χ1n) is 19.4. The Balaban J connectivity index is -0.0000000330. The van der Waals surface area contributed by atoms with Crippen LogP contribution in [0.15, 0.2) is 60.7 Å². The van der Waals surface area contributed by atoms with Gasteiger partial charge in [0.05, 0.1) is 0 Å². The number of hydrogen-bond donors (Lipinski definition) is 2. The van der Waals surface area contributed by atoms with E-state index in [4.69, 9.17) is 10.7 Å². The first-order chi connectivity index (χ1) is 26.5.